The standard InChI is InChI=1S/C20H28ClN5O5S/c1-20(2,3)31-19(29)24-14-10-26(16(32)11-30-4)8-7-13(14)23-17(27)18(28)25-15-6-5-12(21)9-22-15/h5-6,9,13-14H,7-8,10-11H2,1-4H3,(H,23,27)(H,24,29)(H,22,25,28). The Balaban J connectivity index is 2.05. The zero-order chi connectivity index (χ0) is 23.9. The fourth-order valence-corrected chi connectivity index (χ4v) is 3.42. The highest BCUT2D eigenvalue weighted by atomic mass is 35.5. The number of thiocarbonyl (C=S) groups is 1. The molecule has 2 heterocycles. The number of pyridine rings is 1. The second-order valence-electron chi connectivity index (χ2n) is 8.21. The Morgan fingerprint density at radius 1 is 1.22 bits per heavy atom. The Bertz CT molecular complexity index is 846. The van der Waals surface area contributed by atoms with E-state index in [1.165, 1.54) is 12.3 Å². The lowest BCUT2D eigenvalue weighted by molar-refractivity contribution is -0.136. The monoisotopic (exact) mass is 485 g/mol. The van der Waals surface area contributed by atoms with Gasteiger partial charge in [0.25, 0.3) is 0 Å². The van der Waals surface area contributed by atoms with Crippen molar-refractivity contribution >= 4 is 52.5 Å². The number of carbonyl (C=O) groups excluding carboxylic acids is 3. The molecule has 3 N–H and O–H groups in total. The molecule has 0 aromatic carbocycles. The van der Waals surface area contributed by atoms with Crippen LogP contribution in [0.1, 0.15) is 27.2 Å². The molecule has 1 saturated heterocycles. The normalized spacial score (nSPS) is 18.5. The van der Waals surface area contributed by atoms with Crippen LogP contribution in [0, 0.1) is 0 Å². The number of nitrogens with one attached hydrogen (secondary N) is 3. The number of hydrogen-bond acceptors (Lipinski definition) is 7. The fourth-order valence-electron chi connectivity index (χ4n) is 3.03. The minimum absolute atomic E-state index is 0.192. The van der Waals surface area contributed by atoms with Gasteiger partial charge in [-0.15, -0.1) is 0 Å². The van der Waals surface area contributed by atoms with Gasteiger partial charge in [-0.25, -0.2) is 9.78 Å². The minimum atomic E-state index is -0.881. The Morgan fingerprint density at radius 2 is 1.94 bits per heavy atom. The van der Waals surface area contributed by atoms with E-state index < -0.39 is 35.6 Å². The molecule has 0 radical (unpaired) electrons. The van der Waals surface area contributed by atoms with Crippen molar-refractivity contribution in [3.63, 3.8) is 0 Å². The summed E-state index contributed by atoms with van der Waals surface area (Å²) in [6.07, 6.45) is 1.17. The number of carbonyl (C=O) groups is 3. The lowest BCUT2D eigenvalue weighted by Crippen LogP contribution is -2.62. The number of ether oxygens (including phenoxy) is 2. The lowest BCUT2D eigenvalue weighted by atomic mass is 9.99. The molecule has 0 aliphatic carbocycles. The fraction of sp³-hybridized carbons (Fsp3) is 0.550. The van der Waals surface area contributed by atoms with Crippen molar-refractivity contribution in [3.05, 3.63) is 23.4 Å². The number of aromatic nitrogens is 1. The number of alkyl carbamates (subject to hydrolysis) is 1. The van der Waals surface area contributed by atoms with Crippen LogP contribution >= 0.6 is 23.8 Å². The van der Waals surface area contributed by atoms with Crippen molar-refractivity contribution < 1.29 is 23.9 Å². The number of methoxy groups -OCH3 is 1. The number of likely N-dealkylation sites (tertiary alicyclic amines) is 1. The van der Waals surface area contributed by atoms with E-state index in [9.17, 15) is 14.4 Å². The number of halogens is 1. The van der Waals surface area contributed by atoms with Crippen LogP contribution in [0.5, 0.6) is 0 Å². The Kier molecular flexibility index (Phi) is 9.17. The molecule has 32 heavy (non-hydrogen) atoms. The number of hydrogen-bond donors (Lipinski definition) is 3. The molecule has 1 aliphatic rings. The summed E-state index contributed by atoms with van der Waals surface area (Å²) in [7, 11) is 1.55. The molecule has 2 rings (SSSR count). The average molecular weight is 486 g/mol. The maximum atomic E-state index is 12.5. The first kappa shape index (κ1) is 25.8. The Hall–Kier alpha value is -2.50. The van der Waals surface area contributed by atoms with E-state index in [4.69, 9.17) is 33.3 Å². The Labute approximate surface area is 197 Å². The van der Waals surface area contributed by atoms with Crippen LogP contribution in [0.2, 0.25) is 5.02 Å². The van der Waals surface area contributed by atoms with Crippen LogP contribution in [0.25, 0.3) is 0 Å². The summed E-state index contributed by atoms with van der Waals surface area (Å²) in [5, 5.41) is 8.27. The zero-order valence-corrected chi connectivity index (χ0v) is 20.0. The first-order valence-corrected chi connectivity index (χ1v) is 10.8. The quantitative estimate of drug-likeness (QED) is 0.426. The van der Waals surface area contributed by atoms with Gasteiger partial charge in [-0.2, -0.15) is 0 Å². The van der Waals surface area contributed by atoms with Crippen LogP contribution in [-0.2, 0) is 19.1 Å². The Morgan fingerprint density at radius 3 is 2.53 bits per heavy atom. The number of anilines is 1. The van der Waals surface area contributed by atoms with E-state index >= 15 is 0 Å². The maximum absolute atomic E-state index is 12.5. The van der Waals surface area contributed by atoms with E-state index in [1.54, 1.807) is 33.9 Å². The maximum Gasteiger partial charge on any atom is 0.408 e. The summed E-state index contributed by atoms with van der Waals surface area (Å²) in [6, 6.07) is 1.97. The van der Waals surface area contributed by atoms with Crippen LogP contribution in [0.15, 0.2) is 18.3 Å². The van der Waals surface area contributed by atoms with Crippen molar-refractivity contribution in [1.82, 2.24) is 20.5 Å². The third kappa shape index (κ3) is 8.21. The van der Waals surface area contributed by atoms with E-state index in [-0.39, 0.29) is 12.4 Å². The molecule has 0 bridgehead atoms. The van der Waals surface area contributed by atoms with Gasteiger partial charge in [0.15, 0.2) is 0 Å². The summed E-state index contributed by atoms with van der Waals surface area (Å²) < 4.78 is 10.4. The highest BCUT2D eigenvalue weighted by Crippen LogP contribution is 2.15. The predicted molar refractivity (Wildman–Crippen MR) is 124 cm³/mol. The number of nitrogens with zero attached hydrogens (tertiary/aromatic N) is 2. The SMILES string of the molecule is COCC(=S)N1CCC(NC(=O)C(=O)Nc2ccc(Cl)cn2)C(NC(=O)OC(C)(C)C)C1. The molecule has 10 nitrogen and oxygen atoms in total. The van der Waals surface area contributed by atoms with Gasteiger partial charge in [-0.3, -0.25) is 9.59 Å². The molecule has 12 heteroatoms. The average Bonchev–Trinajstić information content (AvgIpc) is 2.69. The minimum Gasteiger partial charge on any atom is -0.444 e. The van der Waals surface area contributed by atoms with Gasteiger partial charge >= 0.3 is 17.9 Å². The van der Waals surface area contributed by atoms with Crippen LogP contribution in [0.3, 0.4) is 0 Å². The first-order valence-electron chi connectivity index (χ1n) is 9.98. The second kappa shape index (κ2) is 11.4. The molecule has 1 fully saturated rings. The molecule has 2 unspecified atom stereocenters. The summed E-state index contributed by atoms with van der Waals surface area (Å²) in [4.78, 5) is 43.5. The van der Waals surface area contributed by atoms with Gasteiger partial charge in [0.2, 0.25) is 0 Å². The van der Waals surface area contributed by atoms with E-state index in [1.807, 2.05) is 4.90 Å². The van der Waals surface area contributed by atoms with E-state index in [0.717, 1.165) is 0 Å². The number of rotatable bonds is 5. The number of piperidine rings is 1. The van der Waals surface area contributed by atoms with Gasteiger partial charge < -0.3 is 30.3 Å². The van der Waals surface area contributed by atoms with Crippen molar-refractivity contribution in [3.8, 4) is 0 Å². The second-order valence-corrected chi connectivity index (χ2v) is 9.12. The summed E-state index contributed by atoms with van der Waals surface area (Å²) in [5.41, 5.74) is -0.687. The van der Waals surface area contributed by atoms with Crippen LogP contribution in [-0.4, -0.2) is 77.3 Å². The van der Waals surface area contributed by atoms with Gasteiger partial charge in [0, 0.05) is 26.4 Å². The van der Waals surface area contributed by atoms with Gasteiger partial charge in [0.1, 0.15) is 16.4 Å². The molecular formula is C20H28ClN5O5S. The topological polar surface area (TPSA) is 122 Å². The van der Waals surface area contributed by atoms with Crippen molar-refractivity contribution in [2.75, 3.05) is 32.1 Å². The zero-order valence-electron chi connectivity index (χ0n) is 18.4. The lowest BCUT2D eigenvalue weighted by Gasteiger charge is -2.40. The summed E-state index contributed by atoms with van der Waals surface area (Å²) in [6.45, 7) is 6.38. The first-order chi connectivity index (χ1) is 15.0. The van der Waals surface area contributed by atoms with Gasteiger partial charge in [-0.05, 0) is 39.3 Å². The van der Waals surface area contributed by atoms with Crippen LogP contribution in [0.4, 0.5) is 10.6 Å². The summed E-state index contributed by atoms with van der Waals surface area (Å²) in [5.74, 6) is -1.54. The summed E-state index contributed by atoms with van der Waals surface area (Å²) >= 11 is 11.1. The van der Waals surface area contributed by atoms with Crippen molar-refractivity contribution in [2.45, 2.75) is 44.9 Å². The van der Waals surface area contributed by atoms with Crippen molar-refractivity contribution in [2.24, 2.45) is 0 Å². The molecule has 2 atom stereocenters. The van der Waals surface area contributed by atoms with E-state index in [0.29, 0.717) is 29.5 Å². The molecule has 0 spiro atoms. The largest absolute Gasteiger partial charge is 0.444 e. The molecule has 1 aromatic heterocycles. The van der Waals surface area contributed by atoms with Gasteiger partial charge in [0.05, 0.1) is 23.7 Å². The number of amides is 3. The van der Waals surface area contributed by atoms with Crippen molar-refractivity contribution in [1.29, 1.82) is 0 Å². The van der Waals surface area contributed by atoms with Crippen LogP contribution < -0.4 is 16.0 Å². The highest BCUT2D eigenvalue weighted by molar-refractivity contribution is 7.80. The third-order valence-corrected chi connectivity index (χ3v) is 5.03. The smallest absolute Gasteiger partial charge is 0.408 e. The molecule has 1 aliphatic heterocycles. The van der Waals surface area contributed by atoms with E-state index in [2.05, 4.69) is 20.9 Å². The van der Waals surface area contributed by atoms with Gasteiger partial charge in [-0.1, -0.05) is 23.8 Å². The highest BCUT2D eigenvalue weighted by Gasteiger charge is 2.34. The molecule has 1 aromatic rings. The molecule has 3 amide bonds. The predicted octanol–water partition coefficient (Wildman–Crippen LogP) is 1.73. The molecule has 0 saturated carbocycles. The third-order valence-electron chi connectivity index (χ3n) is 4.43. The molecule has 176 valence electrons. The molecular weight excluding hydrogens is 458 g/mol.